The van der Waals surface area contributed by atoms with E-state index in [0.717, 1.165) is 29.9 Å². The fraction of sp³-hybridized carbons (Fsp3) is 0.500. The maximum absolute atomic E-state index is 5.70. The van der Waals surface area contributed by atoms with E-state index in [-0.39, 0.29) is 24.0 Å². The van der Waals surface area contributed by atoms with Gasteiger partial charge in [0.05, 0.1) is 12.2 Å². The van der Waals surface area contributed by atoms with Crippen LogP contribution in [0, 0.1) is 0 Å². The lowest BCUT2D eigenvalue weighted by Crippen LogP contribution is -2.31. The molecule has 0 bridgehead atoms. The van der Waals surface area contributed by atoms with E-state index in [1.165, 1.54) is 0 Å². The second-order valence-corrected chi connectivity index (χ2v) is 3.61. The van der Waals surface area contributed by atoms with E-state index in [1.807, 2.05) is 13.8 Å². The number of halogens is 1. The maximum Gasteiger partial charge on any atom is 0.189 e. The highest BCUT2D eigenvalue weighted by atomic mass is 127. The lowest BCUT2D eigenvalue weighted by molar-refractivity contribution is 0.380. The summed E-state index contributed by atoms with van der Waals surface area (Å²) in [5.41, 5.74) is 7.71. The van der Waals surface area contributed by atoms with Crippen molar-refractivity contribution in [1.29, 1.82) is 0 Å². The van der Waals surface area contributed by atoms with Crippen molar-refractivity contribution in [2.75, 3.05) is 6.54 Å². The zero-order chi connectivity index (χ0) is 12.7. The highest BCUT2D eigenvalue weighted by Crippen LogP contribution is 2.16. The topological polar surface area (TPSA) is 76.4 Å². The van der Waals surface area contributed by atoms with Gasteiger partial charge in [0.2, 0.25) is 0 Å². The number of hydrogen-bond donors (Lipinski definition) is 2. The molecule has 0 saturated carbocycles. The Morgan fingerprint density at radius 1 is 1.50 bits per heavy atom. The van der Waals surface area contributed by atoms with Gasteiger partial charge in [-0.25, -0.2) is 4.99 Å². The van der Waals surface area contributed by atoms with E-state index in [4.69, 9.17) is 10.3 Å². The van der Waals surface area contributed by atoms with Crippen LogP contribution in [0.1, 0.15) is 30.9 Å². The molecule has 0 aromatic carbocycles. The number of nitrogens with two attached hydrogens (primary N) is 1. The van der Waals surface area contributed by atoms with E-state index in [0.29, 0.717) is 19.0 Å². The summed E-state index contributed by atoms with van der Waals surface area (Å²) >= 11 is 0. The molecule has 0 aliphatic rings. The standard InChI is InChI=1S/C12H20N4O.HI/c1-4-7-14-12(13)15-8-9-10(5-2)16-17-11(9)6-3;/h4H,1,5-8H2,2-3H3,(H3,13,14,15);1H. The van der Waals surface area contributed by atoms with Gasteiger partial charge in [-0.1, -0.05) is 25.1 Å². The maximum atomic E-state index is 5.70. The molecule has 1 heterocycles. The zero-order valence-electron chi connectivity index (χ0n) is 10.9. The second kappa shape index (κ2) is 8.96. The summed E-state index contributed by atoms with van der Waals surface area (Å²) in [6.45, 7) is 8.80. The fourth-order valence-electron chi connectivity index (χ4n) is 1.51. The molecular weight excluding hydrogens is 343 g/mol. The Hall–Kier alpha value is -1.05. The molecule has 0 amide bonds. The minimum atomic E-state index is 0. The first-order valence-corrected chi connectivity index (χ1v) is 5.83. The Morgan fingerprint density at radius 2 is 2.22 bits per heavy atom. The van der Waals surface area contributed by atoms with Crippen molar-refractivity contribution in [3.8, 4) is 0 Å². The van der Waals surface area contributed by atoms with Crippen molar-refractivity contribution in [3.05, 3.63) is 29.7 Å². The summed E-state index contributed by atoms with van der Waals surface area (Å²) in [4.78, 5) is 4.26. The fourth-order valence-corrected chi connectivity index (χ4v) is 1.51. The molecule has 1 aromatic rings. The summed E-state index contributed by atoms with van der Waals surface area (Å²) in [5.74, 6) is 1.30. The number of aliphatic imine (C=N–C) groups is 1. The third-order valence-corrected chi connectivity index (χ3v) is 2.44. The smallest absolute Gasteiger partial charge is 0.189 e. The van der Waals surface area contributed by atoms with Crippen molar-refractivity contribution >= 4 is 29.9 Å². The first-order valence-electron chi connectivity index (χ1n) is 5.83. The molecule has 1 rings (SSSR count). The van der Waals surface area contributed by atoms with E-state index in [9.17, 15) is 0 Å². The van der Waals surface area contributed by atoms with Gasteiger partial charge in [0, 0.05) is 18.5 Å². The normalized spacial score (nSPS) is 10.9. The Labute approximate surface area is 125 Å². The number of guanidine groups is 1. The minimum absolute atomic E-state index is 0. The first kappa shape index (κ1) is 16.9. The Kier molecular flexibility index (Phi) is 8.43. The molecule has 18 heavy (non-hydrogen) atoms. The Balaban J connectivity index is 0.00000289. The minimum Gasteiger partial charge on any atom is -0.370 e. The molecule has 0 radical (unpaired) electrons. The van der Waals surface area contributed by atoms with Crippen LogP contribution >= 0.6 is 24.0 Å². The van der Waals surface area contributed by atoms with E-state index < -0.39 is 0 Å². The van der Waals surface area contributed by atoms with Crippen LogP contribution in [0.2, 0.25) is 0 Å². The summed E-state index contributed by atoms with van der Waals surface area (Å²) in [6.07, 6.45) is 3.39. The van der Waals surface area contributed by atoms with Crippen molar-refractivity contribution in [2.45, 2.75) is 33.2 Å². The predicted molar refractivity (Wildman–Crippen MR) is 84.2 cm³/mol. The van der Waals surface area contributed by atoms with Crippen LogP contribution in [0.5, 0.6) is 0 Å². The highest BCUT2D eigenvalue weighted by molar-refractivity contribution is 14.0. The van der Waals surface area contributed by atoms with Crippen LogP contribution in [0.3, 0.4) is 0 Å². The van der Waals surface area contributed by atoms with Crippen molar-refractivity contribution in [3.63, 3.8) is 0 Å². The van der Waals surface area contributed by atoms with Gasteiger partial charge in [0.15, 0.2) is 5.96 Å². The number of nitrogens with zero attached hydrogens (tertiary/aromatic N) is 2. The number of rotatable bonds is 6. The van der Waals surface area contributed by atoms with Gasteiger partial charge in [0.1, 0.15) is 5.76 Å². The highest BCUT2D eigenvalue weighted by Gasteiger charge is 2.12. The lowest BCUT2D eigenvalue weighted by Gasteiger charge is -2.02. The second-order valence-electron chi connectivity index (χ2n) is 3.61. The van der Waals surface area contributed by atoms with Crippen LogP contribution in [0.15, 0.2) is 22.2 Å². The van der Waals surface area contributed by atoms with Crippen LogP contribution in [0.25, 0.3) is 0 Å². The van der Waals surface area contributed by atoms with Gasteiger partial charge in [-0.3, -0.25) is 0 Å². The van der Waals surface area contributed by atoms with Gasteiger partial charge in [-0.15, -0.1) is 30.6 Å². The molecule has 102 valence electrons. The molecule has 0 aliphatic heterocycles. The van der Waals surface area contributed by atoms with Gasteiger partial charge in [-0.2, -0.15) is 0 Å². The van der Waals surface area contributed by atoms with E-state index in [2.05, 4.69) is 22.0 Å². The van der Waals surface area contributed by atoms with E-state index in [1.54, 1.807) is 6.08 Å². The number of nitrogens with one attached hydrogen (secondary N) is 1. The number of aryl methyl sites for hydroxylation is 2. The van der Waals surface area contributed by atoms with Gasteiger partial charge >= 0.3 is 0 Å². The summed E-state index contributed by atoms with van der Waals surface area (Å²) in [6, 6.07) is 0. The summed E-state index contributed by atoms with van der Waals surface area (Å²) < 4.78 is 5.25. The number of aromatic nitrogens is 1. The van der Waals surface area contributed by atoms with Crippen molar-refractivity contribution in [2.24, 2.45) is 10.7 Å². The molecule has 6 heteroatoms. The van der Waals surface area contributed by atoms with Crippen molar-refractivity contribution < 1.29 is 4.52 Å². The van der Waals surface area contributed by atoms with Gasteiger partial charge < -0.3 is 15.6 Å². The first-order chi connectivity index (χ1) is 8.22. The monoisotopic (exact) mass is 364 g/mol. The molecule has 0 saturated heterocycles. The molecule has 5 nitrogen and oxygen atoms in total. The summed E-state index contributed by atoms with van der Waals surface area (Å²) in [5, 5.41) is 6.95. The molecule has 1 aromatic heterocycles. The average molecular weight is 364 g/mol. The zero-order valence-corrected chi connectivity index (χ0v) is 13.2. The molecule has 0 fully saturated rings. The van der Waals surface area contributed by atoms with Gasteiger partial charge in [0.25, 0.3) is 0 Å². The molecule has 0 spiro atoms. The third kappa shape index (κ3) is 4.67. The van der Waals surface area contributed by atoms with Crippen LogP contribution in [-0.2, 0) is 19.4 Å². The Morgan fingerprint density at radius 3 is 2.78 bits per heavy atom. The molecule has 0 atom stereocenters. The van der Waals surface area contributed by atoms with Crippen LogP contribution in [0.4, 0.5) is 0 Å². The van der Waals surface area contributed by atoms with E-state index >= 15 is 0 Å². The van der Waals surface area contributed by atoms with Crippen LogP contribution < -0.4 is 11.1 Å². The average Bonchev–Trinajstić information content (AvgIpc) is 2.75. The predicted octanol–water partition coefficient (Wildman–Crippen LogP) is 2.01. The summed E-state index contributed by atoms with van der Waals surface area (Å²) in [7, 11) is 0. The molecule has 3 N–H and O–H groups in total. The van der Waals surface area contributed by atoms with Gasteiger partial charge in [-0.05, 0) is 6.42 Å². The number of hydrogen-bond acceptors (Lipinski definition) is 3. The Bertz CT molecular complexity index is 379. The largest absolute Gasteiger partial charge is 0.370 e. The van der Waals surface area contributed by atoms with Crippen LogP contribution in [-0.4, -0.2) is 17.7 Å². The lowest BCUT2D eigenvalue weighted by atomic mass is 10.1. The molecular formula is C12H21IN4O. The SMILES string of the molecule is C=CCNC(N)=NCc1c(CC)noc1CC.I. The molecule has 0 aliphatic carbocycles. The quantitative estimate of drug-likeness (QED) is 0.350. The third-order valence-electron chi connectivity index (χ3n) is 2.44. The van der Waals surface area contributed by atoms with Crippen molar-refractivity contribution in [1.82, 2.24) is 10.5 Å². The molecule has 0 unspecified atom stereocenters.